The van der Waals surface area contributed by atoms with Gasteiger partial charge in [0, 0.05) is 19.2 Å². The van der Waals surface area contributed by atoms with E-state index in [4.69, 9.17) is 4.74 Å². The summed E-state index contributed by atoms with van der Waals surface area (Å²) in [7, 11) is 1.71. The van der Waals surface area contributed by atoms with Gasteiger partial charge in [0.1, 0.15) is 5.75 Å². The monoisotopic (exact) mass is 324 g/mol. The largest absolute Gasteiger partial charge is 0.479 e. The zero-order valence-electron chi connectivity index (χ0n) is 13.8. The fourth-order valence-electron chi connectivity index (χ4n) is 2.72. The summed E-state index contributed by atoms with van der Waals surface area (Å²) in [4.78, 5) is 25.7. The molecule has 1 unspecified atom stereocenters. The summed E-state index contributed by atoms with van der Waals surface area (Å²) in [5.74, 6) is 0.486. The van der Waals surface area contributed by atoms with Crippen LogP contribution in [0.1, 0.15) is 18.9 Å². The van der Waals surface area contributed by atoms with Crippen LogP contribution in [0.2, 0.25) is 0 Å². The first-order valence-corrected chi connectivity index (χ1v) is 7.96. The number of benzene rings is 2. The predicted octanol–water partition coefficient (Wildman–Crippen LogP) is 3.00. The van der Waals surface area contributed by atoms with Crippen LogP contribution in [0, 0.1) is 0 Å². The zero-order chi connectivity index (χ0) is 17.1. The molecule has 1 atom stereocenters. The summed E-state index contributed by atoms with van der Waals surface area (Å²) < 4.78 is 5.58. The number of anilines is 2. The molecule has 0 fully saturated rings. The van der Waals surface area contributed by atoms with Gasteiger partial charge < -0.3 is 15.0 Å². The minimum Gasteiger partial charge on any atom is -0.479 e. The summed E-state index contributed by atoms with van der Waals surface area (Å²) in [6, 6.07) is 15.2. The van der Waals surface area contributed by atoms with Crippen LogP contribution in [0.4, 0.5) is 11.4 Å². The van der Waals surface area contributed by atoms with Gasteiger partial charge in [0.15, 0.2) is 6.10 Å². The van der Waals surface area contributed by atoms with Crippen LogP contribution in [-0.4, -0.2) is 25.0 Å². The van der Waals surface area contributed by atoms with Crippen molar-refractivity contribution in [1.29, 1.82) is 0 Å². The van der Waals surface area contributed by atoms with E-state index < -0.39 is 6.10 Å². The number of carbonyl (C=O) groups is 2. The van der Waals surface area contributed by atoms with Crippen LogP contribution in [0.15, 0.2) is 48.5 Å². The van der Waals surface area contributed by atoms with E-state index in [1.54, 1.807) is 37.1 Å². The smallest absolute Gasteiger partial charge is 0.267 e. The van der Waals surface area contributed by atoms with Crippen molar-refractivity contribution >= 4 is 23.2 Å². The normalized spacial score (nSPS) is 16.3. The summed E-state index contributed by atoms with van der Waals surface area (Å²) in [6.45, 7) is 1.72. The van der Waals surface area contributed by atoms with Crippen molar-refractivity contribution in [2.45, 2.75) is 25.9 Å². The van der Waals surface area contributed by atoms with Crippen LogP contribution < -0.4 is 15.0 Å². The fraction of sp³-hybridized carbons (Fsp3) is 0.263. The number of amides is 2. The maximum atomic E-state index is 12.1. The van der Waals surface area contributed by atoms with Gasteiger partial charge in [-0.25, -0.2) is 0 Å². The van der Waals surface area contributed by atoms with Gasteiger partial charge in [-0.15, -0.1) is 0 Å². The standard InChI is InChI=1S/C19H20N2O3/c1-13-19(23)21(2)16-12-15(9-10-17(16)24-13)20-18(22)11-8-14-6-4-3-5-7-14/h3-7,9-10,12-13H,8,11H2,1-2H3,(H,20,22). The quantitative estimate of drug-likeness (QED) is 0.940. The molecule has 124 valence electrons. The fourth-order valence-corrected chi connectivity index (χ4v) is 2.72. The highest BCUT2D eigenvalue weighted by molar-refractivity contribution is 6.00. The maximum Gasteiger partial charge on any atom is 0.267 e. The molecule has 5 heteroatoms. The Morgan fingerprint density at radius 3 is 2.71 bits per heavy atom. The van der Waals surface area contributed by atoms with Crippen LogP contribution in [-0.2, 0) is 16.0 Å². The lowest BCUT2D eigenvalue weighted by molar-refractivity contribution is -0.125. The van der Waals surface area contributed by atoms with Gasteiger partial charge in [-0.2, -0.15) is 0 Å². The average Bonchev–Trinajstić information content (AvgIpc) is 2.59. The second kappa shape index (κ2) is 6.74. The van der Waals surface area contributed by atoms with Gasteiger partial charge in [0.25, 0.3) is 5.91 Å². The Morgan fingerprint density at radius 2 is 1.96 bits per heavy atom. The first-order chi connectivity index (χ1) is 11.5. The van der Waals surface area contributed by atoms with Crippen molar-refractivity contribution in [2.24, 2.45) is 0 Å². The molecule has 2 aromatic rings. The lowest BCUT2D eigenvalue weighted by atomic mass is 10.1. The van der Waals surface area contributed by atoms with E-state index in [-0.39, 0.29) is 11.8 Å². The molecule has 1 N–H and O–H groups in total. The highest BCUT2D eigenvalue weighted by atomic mass is 16.5. The van der Waals surface area contributed by atoms with E-state index in [2.05, 4.69) is 5.32 Å². The van der Waals surface area contributed by atoms with Gasteiger partial charge >= 0.3 is 0 Å². The number of nitrogens with zero attached hydrogens (tertiary/aromatic N) is 1. The van der Waals surface area contributed by atoms with Gasteiger partial charge in [0.05, 0.1) is 5.69 Å². The molecular formula is C19H20N2O3. The number of likely N-dealkylation sites (N-methyl/N-ethyl adjacent to an activating group) is 1. The topological polar surface area (TPSA) is 58.6 Å². The number of nitrogens with one attached hydrogen (secondary N) is 1. The van der Waals surface area contributed by atoms with Gasteiger partial charge in [0.2, 0.25) is 5.91 Å². The molecule has 0 aromatic heterocycles. The second-order valence-corrected chi connectivity index (χ2v) is 5.87. The molecule has 0 saturated heterocycles. The summed E-state index contributed by atoms with van der Waals surface area (Å²) in [6.07, 6.45) is 0.605. The van der Waals surface area contributed by atoms with Crippen molar-refractivity contribution in [1.82, 2.24) is 0 Å². The molecule has 0 spiro atoms. The third kappa shape index (κ3) is 3.40. The minimum atomic E-state index is -0.492. The lowest BCUT2D eigenvalue weighted by Crippen LogP contribution is -2.41. The molecule has 2 amide bonds. The number of hydrogen-bond acceptors (Lipinski definition) is 3. The van der Waals surface area contributed by atoms with E-state index in [9.17, 15) is 9.59 Å². The Bertz CT molecular complexity index is 758. The van der Waals surface area contributed by atoms with Crippen LogP contribution in [0.3, 0.4) is 0 Å². The summed E-state index contributed by atoms with van der Waals surface area (Å²) >= 11 is 0. The Kier molecular flexibility index (Phi) is 4.51. The SMILES string of the molecule is CC1Oc2ccc(NC(=O)CCc3ccccc3)cc2N(C)C1=O. The molecule has 0 radical (unpaired) electrons. The summed E-state index contributed by atoms with van der Waals surface area (Å²) in [5, 5.41) is 2.88. The Morgan fingerprint density at radius 1 is 1.21 bits per heavy atom. The first kappa shape index (κ1) is 16.1. The van der Waals surface area contributed by atoms with Gasteiger partial charge in [-0.05, 0) is 37.1 Å². The molecule has 0 saturated carbocycles. The predicted molar refractivity (Wildman–Crippen MR) is 93.3 cm³/mol. The third-order valence-electron chi connectivity index (χ3n) is 4.07. The van der Waals surface area contributed by atoms with E-state index in [1.807, 2.05) is 30.3 Å². The van der Waals surface area contributed by atoms with Crippen LogP contribution >= 0.6 is 0 Å². The van der Waals surface area contributed by atoms with Gasteiger partial charge in [-0.1, -0.05) is 30.3 Å². The molecule has 24 heavy (non-hydrogen) atoms. The molecule has 1 heterocycles. The second-order valence-electron chi connectivity index (χ2n) is 5.87. The third-order valence-corrected chi connectivity index (χ3v) is 4.07. The van der Waals surface area contributed by atoms with Crippen molar-refractivity contribution in [3.05, 3.63) is 54.1 Å². The van der Waals surface area contributed by atoms with E-state index in [1.165, 1.54) is 0 Å². The Balaban J connectivity index is 1.66. The number of hydrogen-bond donors (Lipinski definition) is 1. The van der Waals surface area contributed by atoms with Crippen molar-refractivity contribution in [3.8, 4) is 5.75 Å². The van der Waals surface area contributed by atoms with Crippen molar-refractivity contribution < 1.29 is 14.3 Å². The molecule has 5 nitrogen and oxygen atoms in total. The zero-order valence-corrected chi connectivity index (χ0v) is 13.8. The minimum absolute atomic E-state index is 0.0575. The number of rotatable bonds is 4. The van der Waals surface area contributed by atoms with E-state index >= 15 is 0 Å². The Labute approximate surface area is 141 Å². The number of fused-ring (bicyclic) bond motifs is 1. The molecular weight excluding hydrogens is 304 g/mol. The molecule has 0 aliphatic carbocycles. The summed E-state index contributed by atoms with van der Waals surface area (Å²) in [5.41, 5.74) is 2.45. The van der Waals surface area contributed by atoms with Crippen molar-refractivity contribution in [3.63, 3.8) is 0 Å². The van der Waals surface area contributed by atoms with E-state index in [0.717, 1.165) is 5.56 Å². The highest BCUT2D eigenvalue weighted by Gasteiger charge is 2.28. The number of carbonyl (C=O) groups excluding carboxylic acids is 2. The first-order valence-electron chi connectivity index (χ1n) is 7.96. The molecule has 2 aromatic carbocycles. The molecule has 1 aliphatic heterocycles. The molecule has 3 rings (SSSR count). The van der Waals surface area contributed by atoms with E-state index in [0.29, 0.717) is 30.0 Å². The van der Waals surface area contributed by atoms with Gasteiger partial charge in [-0.3, -0.25) is 9.59 Å². The highest BCUT2D eigenvalue weighted by Crippen LogP contribution is 2.35. The average molecular weight is 324 g/mol. The number of ether oxygens (including phenoxy) is 1. The molecule has 0 bridgehead atoms. The molecule has 1 aliphatic rings. The van der Waals surface area contributed by atoms with Crippen molar-refractivity contribution in [2.75, 3.05) is 17.3 Å². The van der Waals surface area contributed by atoms with Crippen LogP contribution in [0.5, 0.6) is 5.75 Å². The van der Waals surface area contributed by atoms with Crippen LogP contribution in [0.25, 0.3) is 0 Å². The lowest BCUT2D eigenvalue weighted by Gasteiger charge is -2.30. The Hall–Kier alpha value is -2.82. The number of aryl methyl sites for hydroxylation is 1. The maximum absolute atomic E-state index is 12.1.